The standard InChI is InChI=1S/C22H35N5O3.HI/c1-3-5-14-30-15-6-11-25-22(23-4-2)26-16-18-7-9-19(10-8-18)21(29)27-13-12-24-20(28)17-27;/h7-10H,3-6,11-17H2,1-2H3,(H,24,28)(H2,23,25,26);1H. The Balaban J connectivity index is 0.00000480. The summed E-state index contributed by atoms with van der Waals surface area (Å²) in [5.74, 6) is 0.540. The Labute approximate surface area is 202 Å². The Bertz CT molecular complexity index is 697. The van der Waals surface area contributed by atoms with Crippen LogP contribution < -0.4 is 16.0 Å². The third-order valence-corrected chi connectivity index (χ3v) is 4.69. The van der Waals surface area contributed by atoms with E-state index >= 15 is 0 Å². The molecule has 0 saturated carbocycles. The summed E-state index contributed by atoms with van der Waals surface area (Å²) in [5.41, 5.74) is 1.61. The first kappa shape index (κ1) is 27.2. The zero-order chi connectivity index (χ0) is 21.6. The molecule has 1 heterocycles. The molecule has 1 fully saturated rings. The van der Waals surface area contributed by atoms with E-state index in [0.29, 0.717) is 25.2 Å². The number of nitrogens with one attached hydrogen (secondary N) is 3. The molecule has 1 aromatic rings. The van der Waals surface area contributed by atoms with E-state index in [1.54, 1.807) is 17.0 Å². The van der Waals surface area contributed by atoms with Gasteiger partial charge in [-0.1, -0.05) is 25.5 Å². The molecule has 1 aromatic carbocycles. The van der Waals surface area contributed by atoms with Crippen molar-refractivity contribution in [2.45, 2.75) is 39.7 Å². The van der Waals surface area contributed by atoms with Crippen LogP contribution in [0.15, 0.2) is 29.3 Å². The largest absolute Gasteiger partial charge is 0.381 e. The van der Waals surface area contributed by atoms with Crippen LogP contribution in [0.2, 0.25) is 0 Å². The lowest BCUT2D eigenvalue weighted by molar-refractivity contribution is -0.123. The van der Waals surface area contributed by atoms with Crippen LogP contribution in [0.3, 0.4) is 0 Å². The van der Waals surface area contributed by atoms with Crippen molar-refractivity contribution in [2.24, 2.45) is 4.99 Å². The summed E-state index contributed by atoms with van der Waals surface area (Å²) in [6.45, 7) is 9.03. The first-order valence-corrected chi connectivity index (χ1v) is 10.9. The van der Waals surface area contributed by atoms with E-state index in [0.717, 1.165) is 57.1 Å². The minimum absolute atomic E-state index is 0. The molecule has 174 valence electrons. The van der Waals surface area contributed by atoms with Crippen LogP contribution in [0.5, 0.6) is 0 Å². The van der Waals surface area contributed by atoms with Crippen molar-refractivity contribution in [1.29, 1.82) is 0 Å². The summed E-state index contributed by atoms with van der Waals surface area (Å²) in [5, 5.41) is 9.29. The van der Waals surface area contributed by atoms with Crippen molar-refractivity contribution >= 4 is 41.8 Å². The fraction of sp³-hybridized carbons (Fsp3) is 0.591. The molecule has 0 aromatic heterocycles. The van der Waals surface area contributed by atoms with Crippen molar-refractivity contribution < 1.29 is 14.3 Å². The van der Waals surface area contributed by atoms with Crippen molar-refractivity contribution in [1.82, 2.24) is 20.9 Å². The number of nitrogens with zero attached hydrogens (tertiary/aromatic N) is 2. The number of benzene rings is 1. The smallest absolute Gasteiger partial charge is 0.254 e. The Morgan fingerprint density at radius 1 is 1.16 bits per heavy atom. The van der Waals surface area contributed by atoms with Gasteiger partial charge in [0, 0.05) is 45.0 Å². The van der Waals surface area contributed by atoms with Crippen LogP contribution in [0, 0.1) is 0 Å². The minimum atomic E-state index is -0.115. The maximum absolute atomic E-state index is 12.5. The van der Waals surface area contributed by atoms with Gasteiger partial charge in [-0.05, 0) is 37.5 Å². The number of hydrogen-bond donors (Lipinski definition) is 3. The van der Waals surface area contributed by atoms with Crippen LogP contribution >= 0.6 is 24.0 Å². The highest BCUT2D eigenvalue weighted by Crippen LogP contribution is 2.10. The number of guanidine groups is 1. The maximum Gasteiger partial charge on any atom is 0.254 e. The van der Waals surface area contributed by atoms with E-state index in [-0.39, 0.29) is 42.3 Å². The zero-order valence-electron chi connectivity index (χ0n) is 18.6. The normalized spacial score (nSPS) is 13.9. The summed E-state index contributed by atoms with van der Waals surface area (Å²) in [6.07, 6.45) is 3.19. The summed E-state index contributed by atoms with van der Waals surface area (Å²) in [7, 11) is 0. The van der Waals surface area contributed by atoms with Gasteiger partial charge >= 0.3 is 0 Å². The van der Waals surface area contributed by atoms with Gasteiger partial charge in [-0.3, -0.25) is 9.59 Å². The Morgan fingerprint density at radius 3 is 2.58 bits per heavy atom. The van der Waals surface area contributed by atoms with E-state index in [2.05, 4.69) is 27.9 Å². The van der Waals surface area contributed by atoms with Crippen LogP contribution in [-0.4, -0.2) is 68.6 Å². The van der Waals surface area contributed by atoms with Gasteiger partial charge in [0.05, 0.1) is 13.1 Å². The van der Waals surface area contributed by atoms with Crippen molar-refractivity contribution in [3.8, 4) is 0 Å². The summed E-state index contributed by atoms with van der Waals surface area (Å²) < 4.78 is 5.57. The SMILES string of the molecule is CCCCOCCCNC(=NCc1ccc(C(=O)N2CCNC(=O)C2)cc1)NCC.I. The fourth-order valence-corrected chi connectivity index (χ4v) is 2.99. The molecule has 0 radical (unpaired) electrons. The van der Waals surface area contributed by atoms with Gasteiger partial charge in [-0.25, -0.2) is 4.99 Å². The summed E-state index contributed by atoms with van der Waals surface area (Å²) in [6, 6.07) is 7.42. The predicted molar refractivity (Wildman–Crippen MR) is 134 cm³/mol. The number of unbranched alkanes of at least 4 members (excludes halogenated alkanes) is 1. The first-order chi connectivity index (χ1) is 14.6. The molecule has 3 N–H and O–H groups in total. The molecule has 0 spiro atoms. The molecule has 0 unspecified atom stereocenters. The number of ether oxygens (including phenoxy) is 1. The van der Waals surface area contributed by atoms with Gasteiger partial charge in [-0.15, -0.1) is 24.0 Å². The average molecular weight is 545 g/mol. The van der Waals surface area contributed by atoms with Crippen molar-refractivity contribution in [3.05, 3.63) is 35.4 Å². The number of piperazine rings is 1. The molecule has 1 saturated heterocycles. The van der Waals surface area contributed by atoms with Crippen molar-refractivity contribution in [3.63, 3.8) is 0 Å². The van der Waals surface area contributed by atoms with E-state index in [9.17, 15) is 9.59 Å². The number of rotatable bonds is 11. The lowest BCUT2D eigenvalue weighted by Gasteiger charge is -2.26. The highest BCUT2D eigenvalue weighted by Gasteiger charge is 2.21. The Hall–Kier alpha value is -1.88. The second-order valence-corrected chi connectivity index (χ2v) is 7.22. The molecule has 0 bridgehead atoms. The highest BCUT2D eigenvalue weighted by atomic mass is 127. The zero-order valence-corrected chi connectivity index (χ0v) is 20.9. The van der Waals surface area contributed by atoms with E-state index < -0.39 is 0 Å². The van der Waals surface area contributed by atoms with Gasteiger partial charge in [0.25, 0.3) is 5.91 Å². The number of carbonyl (C=O) groups excluding carboxylic acids is 2. The van der Waals surface area contributed by atoms with Gasteiger partial charge in [0.2, 0.25) is 5.91 Å². The van der Waals surface area contributed by atoms with E-state index in [4.69, 9.17) is 4.74 Å². The monoisotopic (exact) mass is 545 g/mol. The summed E-state index contributed by atoms with van der Waals surface area (Å²) >= 11 is 0. The quantitative estimate of drug-likeness (QED) is 0.172. The van der Waals surface area contributed by atoms with Crippen LogP contribution in [0.1, 0.15) is 49.0 Å². The van der Waals surface area contributed by atoms with E-state index in [1.807, 2.05) is 19.1 Å². The van der Waals surface area contributed by atoms with Gasteiger partial charge in [-0.2, -0.15) is 0 Å². The number of halogens is 1. The highest BCUT2D eigenvalue weighted by molar-refractivity contribution is 14.0. The predicted octanol–water partition coefficient (Wildman–Crippen LogP) is 2.14. The van der Waals surface area contributed by atoms with Crippen molar-refractivity contribution in [2.75, 3.05) is 45.9 Å². The lowest BCUT2D eigenvalue weighted by atomic mass is 10.1. The number of amides is 2. The average Bonchev–Trinajstić information content (AvgIpc) is 2.76. The molecular weight excluding hydrogens is 509 g/mol. The number of aliphatic imine (C=N–C) groups is 1. The second kappa shape index (κ2) is 15.9. The minimum Gasteiger partial charge on any atom is -0.381 e. The molecule has 1 aliphatic heterocycles. The second-order valence-electron chi connectivity index (χ2n) is 7.22. The number of carbonyl (C=O) groups is 2. The molecule has 0 atom stereocenters. The molecule has 9 heteroatoms. The van der Waals surface area contributed by atoms with Crippen LogP contribution in [0.25, 0.3) is 0 Å². The molecule has 2 amide bonds. The molecule has 1 aliphatic rings. The third-order valence-electron chi connectivity index (χ3n) is 4.69. The fourth-order valence-electron chi connectivity index (χ4n) is 2.99. The van der Waals surface area contributed by atoms with E-state index in [1.165, 1.54) is 0 Å². The Kier molecular flexibility index (Phi) is 13.9. The van der Waals surface area contributed by atoms with Crippen LogP contribution in [-0.2, 0) is 16.1 Å². The van der Waals surface area contributed by atoms with Gasteiger partial charge < -0.3 is 25.6 Å². The lowest BCUT2D eigenvalue weighted by Crippen LogP contribution is -2.49. The third kappa shape index (κ3) is 10.3. The molecule has 0 aliphatic carbocycles. The maximum atomic E-state index is 12.5. The molecule has 31 heavy (non-hydrogen) atoms. The summed E-state index contributed by atoms with van der Waals surface area (Å²) in [4.78, 5) is 30.2. The molecule has 2 rings (SSSR count). The first-order valence-electron chi connectivity index (χ1n) is 10.9. The van der Waals surface area contributed by atoms with Gasteiger partial charge in [0.1, 0.15) is 0 Å². The topological polar surface area (TPSA) is 95.1 Å². The molecule has 8 nitrogen and oxygen atoms in total. The van der Waals surface area contributed by atoms with Crippen LogP contribution in [0.4, 0.5) is 0 Å². The van der Waals surface area contributed by atoms with Gasteiger partial charge in [0.15, 0.2) is 5.96 Å². The molecular formula is C22H36IN5O3. The Morgan fingerprint density at radius 2 is 1.90 bits per heavy atom. The number of hydrogen-bond acceptors (Lipinski definition) is 4.